The molecule has 0 N–H and O–H groups in total. The second kappa shape index (κ2) is 2.49. The molecule has 58 valence electrons. The summed E-state index contributed by atoms with van der Waals surface area (Å²) in [5, 5.41) is 7.77. The molecule has 0 saturated heterocycles. The molecule has 0 bridgehead atoms. The van der Waals surface area contributed by atoms with Gasteiger partial charge in [-0.25, -0.2) is 0 Å². The van der Waals surface area contributed by atoms with Crippen LogP contribution >= 0.6 is 0 Å². The number of hydrogen-bond acceptors (Lipinski definition) is 3. The molecule has 0 aromatic carbocycles. The van der Waals surface area contributed by atoms with E-state index in [2.05, 4.69) is 10.2 Å². The smallest absolute Gasteiger partial charge is 0.233 e. The highest BCUT2D eigenvalue weighted by Crippen LogP contribution is 2.24. The lowest BCUT2D eigenvalue weighted by Gasteiger charge is -2.00. The van der Waals surface area contributed by atoms with Gasteiger partial charge in [-0.3, -0.25) is 0 Å². The van der Waals surface area contributed by atoms with E-state index < -0.39 is 0 Å². The van der Waals surface area contributed by atoms with Gasteiger partial charge in [-0.2, -0.15) is 5.10 Å². The van der Waals surface area contributed by atoms with E-state index >= 15 is 0 Å². The third-order valence-corrected chi connectivity index (χ3v) is 1.59. The fourth-order valence-corrected chi connectivity index (χ4v) is 0.806. The van der Waals surface area contributed by atoms with Crippen LogP contribution in [-0.4, -0.2) is 16.3 Å². The van der Waals surface area contributed by atoms with Crippen molar-refractivity contribution in [2.75, 3.05) is 0 Å². The third-order valence-electron chi connectivity index (χ3n) is 1.59. The molecule has 1 aliphatic rings. The molecule has 1 saturated carbocycles. The maximum Gasteiger partial charge on any atom is 0.233 e. The van der Waals surface area contributed by atoms with Crippen molar-refractivity contribution in [2.24, 2.45) is 0 Å². The summed E-state index contributed by atoms with van der Waals surface area (Å²) in [6, 6.07) is 3.77. The molecule has 1 fully saturated rings. The van der Waals surface area contributed by atoms with E-state index in [1.54, 1.807) is 0 Å². The first kappa shape index (κ1) is 6.58. The van der Waals surface area contributed by atoms with Gasteiger partial charge in [-0.15, -0.1) is 5.10 Å². The second-order valence-corrected chi connectivity index (χ2v) is 2.83. The van der Waals surface area contributed by atoms with Crippen molar-refractivity contribution in [1.82, 2.24) is 10.2 Å². The highest BCUT2D eigenvalue weighted by molar-refractivity contribution is 5.11. The van der Waals surface area contributed by atoms with Crippen molar-refractivity contribution in [1.29, 1.82) is 0 Å². The topological polar surface area (TPSA) is 35.0 Å². The standard InChI is InChI=1S/C8H10N2O/c1-6-2-5-8(10-9-6)11-7-3-4-7/h2,5,7H,3-4H2,1H3. The van der Waals surface area contributed by atoms with E-state index in [1.807, 2.05) is 19.1 Å². The Morgan fingerprint density at radius 2 is 2.18 bits per heavy atom. The zero-order chi connectivity index (χ0) is 7.68. The Morgan fingerprint density at radius 3 is 2.73 bits per heavy atom. The van der Waals surface area contributed by atoms with Crippen LogP contribution in [0.1, 0.15) is 18.5 Å². The Kier molecular flexibility index (Phi) is 1.49. The van der Waals surface area contributed by atoms with Crippen LogP contribution in [0.2, 0.25) is 0 Å². The van der Waals surface area contributed by atoms with Gasteiger partial charge in [0.25, 0.3) is 0 Å². The van der Waals surface area contributed by atoms with Gasteiger partial charge in [0, 0.05) is 6.07 Å². The Morgan fingerprint density at radius 1 is 1.36 bits per heavy atom. The first-order chi connectivity index (χ1) is 5.34. The lowest BCUT2D eigenvalue weighted by molar-refractivity contribution is 0.287. The molecule has 3 nitrogen and oxygen atoms in total. The predicted octanol–water partition coefficient (Wildman–Crippen LogP) is 1.33. The average molecular weight is 150 g/mol. The number of aromatic nitrogens is 2. The maximum absolute atomic E-state index is 5.41. The zero-order valence-electron chi connectivity index (χ0n) is 6.45. The minimum Gasteiger partial charge on any atom is -0.473 e. The quantitative estimate of drug-likeness (QED) is 0.637. The van der Waals surface area contributed by atoms with Crippen LogP contribution in [0.4, 0.5) is 0 Å². The van der Waals surface area contributed by atoms with Gasteiger partial charge in [0.15, 0.2) is 0 Å². The molecule has 1 aromatic heterocycles. The SMILES string of the molecule is Cc1ccc(OC2CC2)nn1. The monoisotopic (exact) mass is 150 g/mol. The summed E-state index contributed by atoms with van der Waals surface area (Å²) in [6.07, 6.45) is 2.73. The van der Waals surface area contributed by atoms with Crippen molar-refractivity contribution in [3.05, 3.63) is 17.8 Å². The van der Waals surface area contributed by atoms with Crippen molar-refractivity contribution in [3.63, 3.8) is 0 Å². The molecule has 11 heavy (non-hydrogen) atoms. The van der Waals surface area contributed by atoms with Crippen molar-refractivity contribution >= 4 is 0 Å². The number of rotatable bonds is 2. The molecule has 0 unspecified atom stereocenters. The van der Waals surface area contributed by atoms with Gasteiger partial charge < -0.3 is 4.74 Å². The van der Waals surface area contributed by atoms with E-state index in [4.69, 9.17) is 4.74 Å². The van der Waals surface area contributed by atoms with Gasteiger partial charge in [0.1, 0.15) is 6.10 Å². The Bertz CT molecular complexity index is 241. The maximum atomic E-state index is 5.41. The number of hydrogen-bond donors (Lipinski definition) is 0. The van der Waals surface area contributed by atoms with Crippen LogP contribution in [0, 0.1) is 6.92 Å². The van der Waals surface area contributed by atoms with Gasteiger partial charge in [0.05, 0.1) is 5.69 Å². The van der Waals surface area contributed by atoms with Crippen LogP contribution in [0.3, 0.4) is 0 Å². The molecule has 2 rings (SSSR count). The molecule has 1 heterocycles. The summed E-state index contributed by atoms with van der Waals surface area (Å²) < 4.78 is 5.41. The number of aryl methyl sites for hydroxylation is 1. The normalized spacial score (nSPS) is 16.5. The van der Waals surface area contributed by atoms with Crippen LogP contribution < -0.4 is 4.74 Å². The van der Waals surface area contributed by atoms with Gasteiger partial charge in [-0.1, -0.05) is 0 Å². The average Bonchev–Trinajstić information content (AvgIpc) is 2.78. The van der Waals surface area contributed by atoms with Crippen molar-refractivity contribution < 1.29 is 4.74 Å². The molecule has 0 radical (unpaired) electrons. The molecule has 0 amide bonds. The number of nitrogens with zero attached hydrogens (tertiary/aromatic N) is 2. The Labute approximate surface area is 65.4 Å². The molecule has 0 spiro atoms. The molecular weight excluding hydrogens is 140 g/mol. The summed E-state index contributed by atoms with van der Waals surface area (Å²) in [5.74, 6) is 0.651. The second-order valence-electron chi connectivity index (χ2n) is 2.83. The lowest BCUT2D eigenvalue weighted by atomic mass is 10.4. The predicted molar refractivity (Wildman–Crippen MR) is 40.4 cm³/mol. The lowest BCUT2D eigenvalue weighted by Crippen LogP contribution is -1.99. The van der Waals surface area contributed by atoms with Gasteiger partial charge >= 0.3 is 0 Å². The van der Waals surface area contributed by atoms with Crippen molar-refractivity contribution in [2.45, 2.75) is 25.9 Å². The van der Waals surface area contributed by atoms with E-state index in [9.17, 15) is 0 Å². The molecule has 1 aliphatic carbocycles. The Balaban J connectivity index is 2.06. The van der Waals surface area contributed by atoms with Crippen LogP contribution in [0.15, 0.2) is 12.1 Å². The molecule has 0 aliphatic heterocycles. The zero-order valence-corrected chi connectivity index (χ0v) is 6.45. The molecule has 0 atom stereocenters. The number of ether oxygens (including phenoxy) is 1. The molecule has 3 heteroatoms. The summed E-state index contributed by atoms with van der Waals surface area (Å²) in [6.45, 7) is 1.91. The fraction of sp³-hybridized carbons (Fsp3) is 0.500. The largest absolute Gasteiger partial charge is 0.473 e. The third kappa shape index (κ3) is 1.67. The van der Waals surface area contributed by atoms with Crippen LogP contribution in [0.5, 0.6) is 5.88 Å². The first-order valence-electron chi connectivity index (χ1n) is 3.81. The first-order valence-corrected chi connectivity index (χ1v) is 3.81. The summed E-state index contributed by atoms with van der Waals surface area (Å²) >= 11 is 0. The van der Waals surface area contributed by atoms with E-state index in [-0.39, 0.29) is 0 Å². The Hall–Kier alpha value is -1.12. The minimum atomic E-state index is 0.409. The summed E-state index contributed by atoms with van der Waals surface area (Å²) in [7, 11) is 0. The minimum absolute atomic E-state index is 0.409. The fourth-order valence-electron chi connectivity index (χ4n) is 0.806. The van der Waals surface area contributed by atoms with E-state index in [0.717, 1.165) is 18.5 Å². The molecule has 1 aromatic rings. The summed E-state index contributed by atoms with van der Waals surface area (Å²) in [4.78, 5) is 0. The molecular formula is C8H10N2O. The van der Waals surface area contributed by atoms with Crippen LogP contribution in [0.25, 0.3) is 0 Å². The van der Waals surface area contributed by atoms with E-state index in [1.165, 1.54) is 0 Å². The van der Waals surface area contributed by atoms with Gasteiger partial charge in [0.2, 0.25) is 5.88 Å². The van der Waals surface area contributed by atoms with Crippen molar-refractivity contribution in [3.8, 4) is 5.88 Å². The summed E-state index contributed by atoms with van der Waals surface area (Å²) in [5.41, 5.74) is 0.924. The highest BCUT2D eigenvalue weighted by Gasteiger charge is 2.23. The van der Waals surface area contributed by atoms with Gasteiger partial charge in [-0.05, 0) is 25.8 Å². The van der Waals surface area contributed by atoms with Crippen LogP contribution in [-0.2, 0) is 0 Å². The highest BCUT2D eigenvalue weighted by atomic mass is 16.5. The van der Waals surface area contributed by atoms with E-state index in [0.29, 0.717) is 12.0 Å².